The van der Waals surface area contributed by atoms with E-state index in [0.29, 0.717) is 11.0 Å². The molecule has 2 rings (SSSR count). The van der Waals surface area contributed by atoms with Gasteiger partial charge in [0.1, 0.15) is 0 Å². The molecular formula is C11H16N4O4S. The van der Waals surface area contributed by atoms with Crippen LogP contribution < -0.4 is 4.72 Å². The van der Waals surface area contributed by atoms with E-state index >= 15 is 0 Å². The van der Waals surface area contributed by atoms with Gasteiger partial charge in [0.2, 0.25) is 0 Å². The molecule has 0 saturated carbocycles. The molecule has 20 heavy (non-hydrogen) atoms. The summed E-state index contributed by atoms with van der Waals surface area (Å²) in [6.07, 6.45) is 0.699. The van der Waals surface area contributed by atoms with E-state index in [-0.39, 0.29) is 18.2 Å². The molecule has 2 heterocycles. The molecule has 0 aromatic carbocycles. The van der Waals surface area contributed by atoms with Crippen molar-refractivity contribution in [3.05, 3.63) is 18.3 Å². The van der Waals surface area contributed by atoms with Crippen molar-refractivity contribution in [2.45, 2.75) is 18.1 Å². The summed E-state index contributed by atoms with van der Waals surface area (Å²) in [6.45, 7) is 1.10. The van der Waals surface area contributed by atoms with Crippen molar-refractivity contribution < 1.29 is 18.6 Å². The van der Waals surface area contributed by atoms with Crippen LogP contribution in [0.25, 0.3) is 11.0 Å². The maximum Gasteiger partial charge on any atom is 0.258 e. The fourth-order valence-corrected chi connectivity index (χ4v) is 2.90. The zero-order valence-corrected chi connectivity index (χ0v) is 11.6. The van der Waals surface area contributed by atoms with Gasteiger partial charge < -0.3 is 10.2 Å². The van der Waals surface area contributed by atoms with E-state index in [4.69, 9.17) is 5.11 Å². The minimum atomic E-state index is -3.81. The summed E-state index contributed by atoms with van der Waals surface area (Å²) in [5.41, 5.74) is 0.308. The fraction of sp³-hybridized carbons (Fsp3) is 0.455. The first-order valence-electron chi connectivity index (χ1n) is 6.03. The van der Waals surface area contributed by atoms with Crippen LogP contribution in [0.5, 0.6) is 0 Å². The molecule has 4 N–H and O–H groups in total. The van der Waals surface area contributed by atoms with Gasteiger partial charge in [-0.1, -0.05) is 0 Å². The fourth-order valence-electron chi connectivity index (χ4n) is 1.71. The van der Waals surface area contributed by atoms with Gasteiger partial charge in [-0.25, -0.2) is 18.1 Å². The van der Waals surface area contributed by atoms with Gasteiger partial charge in [0.15, 0.2) is 10.7 Å². The number of aliphatic hydroxyl groups is 2. The lowest BCUT2D eigenvalue weighted by Gasteiger charge is -2.17. The Hall–Kier alpha value is -1.55. The molecule has 0 aliphatic carbocycles. The van der Waals surface area contributed by atoms with Crippen molar-refractivity contribution in [1.29, 1.82) is 0 Å². The summed E-state index contributed by atoms with van der Waals surface area (Å²) in [5.74, 6) is -0.572. The zero-order chi connectivity index (χ0) is 14.8. The number of pyridine rings is 1. The highest BCUT2D eigenvalue weighted by molar-refractivity contribution is 7.89. The van der Waals surface area contributed by atoms with Crippen molar-refractivity contribution >= 4 is 21.1 Å². The third-order valence-electron chi connectivity index (χ3n) is 3.02. The van der Waals surface area contributed by atoms with Gasteiger partial charge >= 0.3 is 0 Å². The number of aromatic nitrogens is 3. The van der Waals surface area contributed by atoms with Crippen LogP contribution >= 0.6 is 0 Å². The average Bonchev–Trinajstić information content (AvgIpc) is 2.83. The minimum Gasteiger partial charge on any atom is -0.396 e. The number of aromatic amines is 1. The zero-order valence-electron chi connectivity index (χ0n) is 10.8. The van der Waals surface area contributed by atoms with E-state index in [1.54, 1.807) is 12.1 Å². The largest absolute Gasteiger partial charge is 0.396 e. The highest BCUT2D eigenvalue weighted by Crippen LogP contribution is 2.17. The lowest BCUT2D eigenvalue weighted by molar-refractivity contribution is 0.0836. The third-order valence-corrected chi connectivity index (χ3v) is 4.41. The molecule has 2 aromatic rings. The number of hydrogen-bond donors (Lipinski definition) is 4. The quantitative estimate of drug-likeness (QED) is 0.554. The molecule has 2 atom stereocenters. The van der Waals surface area contributed by atoms with Crippen molar-refractivity contribution in [2.75, 3.05) is 13.2 Å². The second-order valence-electron chi connectivity index (χ2n) is 4.46. The first-order valence-corrected chi connectivity index (χ1v) is 7.51. The summed E-state index contributed by atoms with van der Waals surface area (Å²) in [5, 5.41) is 25.0. The number of H-pyrrole nitrogens is 1. The number of sulfonamides is 1. The lowest BCUT2D eigenvalue weighted by atomic mass is 10.1. The summed E-state index contributed by atoms with van der Waals surface area (Å²) in [7, 11) is -3.81. The van der Waals surface area contributed by atoms with E-state index < -0.39 is 22.0 Å². The Labute approximate surface area is 115 Å². The maximum absolute atomic E-state index is 12.2. The van der Waals surface area contributed by atoms with Gasteiger partial charge in [-0.3, -0.25) is 5.10 Å². The third kappa shape index (κ3) is 2.96. The topological polar surface area (TPSA) is 128 Å². The molecule has 0 amide bonds. The van der Waals surface area contributed by atoms with E-state index in [9.17, 15) is 13.5 Å². The van der Waals surface area contributed by atoms with E-state index in [1.807, 2.05) is 0 Å². The average molecular weight is 300 g/mol. The van der Waals surface area contributed by atoms with E-state index in [2.05, 4.69) is 19.9 Å². The first kappa shape index (κ1) is 14.9. The van der Waals surface area contributed by atoms with Crippen molar-refractivity contribution in [3.63, 3.8) is 0 Å². The Balaban J connectivity index is 2.23. The van der Waals surface area contributed by atoms with Crippen molar-refractivity contribution in [2.24, 2.45) is 5.92 Å². The Bertz CT molecular complexity index is 683. The smallest absolute Gasteiger partial charge is 0.258 e. The lowest BCUT2D eigenvalue weighted by Crippen LogP contribution is -2.36. The number of nitrogens with one attached hydrogen (secondary N) is 2. The van der Waals surface area contributed by atoms with Crippen LogP contribution in [0.15, 0.2) is 23.4 Å². The van der Waals surface area contributed by atoms with Crippen LogP contribution in [-0.4, -0.2) is 53.1 Å². The van der Waals surface area contributed by atoms with Crippen LogP contribution in [0.3, 0.4) is 0 Å². The molecule has 8 nitrogen and oxygen atoms in total. The van der Waals surface area contributed by atoms with Gasteiger partial charge in [0, 0.05) is 25.3 Å². The standard InChI is InChI=1S/C11H16N4O4S/c1-7(17)8(6-16)5-13-20(18,19)11-9-3-2-4-12-10(9)14-15-11/h2-4,7-8,13,16-17H,5-6H2,1H3,(H,12,14,15)/t7-,8-/m1/s1. The van der Waals surface area contributed by atoms with Crippen molar-refractivity contribution in [1.82, 2.24) is 19.9 Å². The predicted octanol–water partition coefficient (Wildman–Crippen LogP) is -0.774. The highest BCUT2D eigenvalue weighted by atomic mass is 32.2. The molecule has 0 radical (unpaired) electrons. The summed E-state index contributed by atoms with van der Waals surface area (Å²) in [6, 6.07) is 3.21. The van der Waals surface area contributed by atoms with Gasteiger partial charge in [0.25, 0.3) is 10.0 Å². The molecule has 0 aliphatic heterocycles. The van der Waals surface area contributed by atoms with Crippen LogP contribution in [-0.2, 0) is 10.0 Å². The molecule has 0 aliphatic rings. The van der Waals surface area contributed by atoms with Crippen LogP contribution in [0.4, 0.5) is 0 Å². The Morgan fingerprint density at radius 2 is 2.25 bits per heavy atom. The van der Waals surface area contributed by atoms with E-state index in [0.717, 1.165) is 0 Å². The predicted molar refractivity (Wildman–Crippen MR) is 71.3 cm³/mol. The number of nitrogens with zero attached hydrogens (tertiary/aromatic N) is 2. The Morgan fingerprint density at radius 3 is 2.90 bits per heavy atom. The molecule has 0 bridgehead atoms. The minimum absolute atomic E-state index is 0.0721. The Morgan fingerprint density at radius 1 is 1.50 bits per heavy atom. The first-order chi connectivity index (χ1) is 9.45. The number of aliphatic hydroxyl groups excluding tert-OH is 2. The van der Waals surface area contributed by atoms with Gasteiger partial charge in [-0.2, -0.15) is 5.10 Å². The number of rotatable bonds is 6. The molecule has 110 valence electrons. The monoisotopic (exact) mass is 300 g/mol. The SMILES string of the molecule is C[C@@H](O)[C@@H](CO)CNS(=O)(=O)c1[nH]nc2ncccc12. The van der Waals surface area contributed by atoms with Crippen LogP contribution in [0.1, 0.15) is 6.92 Å². The van der Waals surface area contributed by atoms with Crippen LogP contribution in [0, 0.1) is 5.92 Å². The molecular weight excluding hydrogens is 284 g/mol. The molecule has 9 heteroatoms. The molecule has 0 fully saturated rings. The number of hydrogen-bond acceptors (Lipinski definition) is 6. The summed E-state index contributed by atoms with van der Waals surface area (Å²) >= 11 is 0. The molecule has 0 saturated heterocycles. The van der Waals surface area contributed by atoms with Gasteiger partial charge in [0.05, 0.1) is 11.5 Å². The van der Waals surface area contributed by atoms with E-state index in [1.165, 1.54) is 13.1 Å². The maximum atomic E-state index is 12.2. The number of fused-ring (bicyclic) bond motifs is 1. The highest BCUT2D eigenvalue weighted by Gasteiger charge is 2.23. The van der Waals surface area contributed by atoms with Gasteiger partial charge in [-0.15, -0.1) is 0 Å². The molecule has 2 aromatic heterocycles. The van der Waals surface area contributed by atoms with Crippen LogP contribution in [0.2, 0.25) is 0 Å². The van der Waals surface area contributed by atoms with Crippen molar-refractivity contribution in [3.8, 4) is 0 Å². The normalized spacial score (nSPS) is 15.3. The van der Waals surface area contributed by atoms with Gasteiger partial charge in [-0.05, 0) is 19.1 Å². The molecule has 0 spiro atoms. The second kappa shape index (κ2) is 5.83. The second-order valence-corrected chi connectivity index (χ2v) is 6.17. The molecule has 0 unspecified atom stereocenters. The Kier molecular flexibility index (Phi) is 4.33. The summed E-state index contributed by atoms with van der Waals surface area (Å²) in [4.78, 5) is 3.94. The summed E-state index contributed by atoms with van der Waals surface area (Å²) < 4.78 is 26.7.